The Hall–Kier alpha value is -3.22. The monoisotopic (exact) mass is 431 g/mol. The number of benzene rings is 2. The predicted molar refractivity (Wildman–Crippen MR) is 123 cm³/mol. The van der Waals surface area contributed by atoms with Gasteiger partial charge in [0.1, 0.15) is 0 Å². The average Bonchev–Trinajstić information content (AvgIpc) is 3.47. The third-order valence-electron chi connectivity index (χ3n) is 6.82. The average molecular weight is 432 g/mol. The van der Waals surface area contributed by atoms with Crippen LogP contribution in [-0.4, -0.2) is 33.4 Å². The number of amides is 1. The molecule has 1 amide bonds. The minimum atomic E-state index is -0.355. The van der Waals surface area contributed by atoms with E-state index in [1.165, 1.54) is 0 Å². The van der Waals surface area contributed by atoms with E-state index in [-0.39, 0.29) is 11.4 Å². The minimum absolute atomic E-state index is 0.0693. The first-order chi connectivity index (χ1) is 15.1. The van der Waals surface area contributed by atoms with E-state index in [2.05, 4.69) is 21.8 Å². The summed E-state index contributed by atoms with van der Waals surface area (Å²) in [5, 5.41) is 3.62. The molecule has 6 rings (SSSR count). The van der Waals surface area contributed by atoms with Crippen LogP contribution in [0.15, 0.2) is 67.0 Å². The van der Waals surface area contributed by atoms with Gasteiger partial charge >= 0.3 is 0 Å². The number of hydrazine groups is 1. The number of piperidine rings is 1. The molecule has 0 unspecified atom stereocenters. The van der Waals surface area contributed by atoms with Crippen LogP contribution < -0.4 is 10.9 Å². The van der Waals surface area contributed by atoms with Crippen LogP contribution in [0.4, 0.5) is 5.69 Å². The predicted octanol–water partition coefficient (Wildman–Crippen LogP) is 4.44. The molecule has 31 heavy (non-hydrogen) atoms. The Kier molecular flexibility index (Phi) is 3.97. The number of hydrogen-bond acceptors (Lipinski definition) is 3. The number of rotatable bonds is 1. The van der Waals surface area contributed by atoms with Crippen LogP contribution >= 0.6 is 11.6 Å². The highest BCUT2D eigenvalue weighted by atomic mass is 35.5. The van der Waals surface area contributed by atoms with Crippen LogP contribution in [0.2, 0.25) is 5.02 Å². The molecule has 1 saturated heterocycles. The molecule has 0 saturated carbocycles. The lowest BCUT2D eigenvalue weighted by Gasteiger charge is -2.51. The molecule has 2 aromatic carbocycles. The first-order valence-corrected chi connectivity index (χ1v) is 10.8. The van der Waals surface area contributed by atoms with Crippen LogP contribution in [-0.2, 0) is 5.54 Å². The Morgan fingerprint density at radius 3 is 2.71 bits per heavy atom. The van der Waals surface area contributed by atoms with Gasteiger partial charge in [0.25, 0.3) is 5.91 Å². The van der Waals surface area contributed by atoms with Crippen molar-refractivity contribution in [3.8, 4) is 5.69 Å². The Morgan fingerprint density at radius 2 is 1.87 bits per heavy atom. The number of nitrogens with one attached hydrogen (secondary N) is 1. The summed E-state index contributed by atoms with van der Waals surface area (Å²) >= 11 is 6.26. The number of anilines is 1. The van der Waals surface area contributed by atoms with Crippen molar-refractivity contribution in [2.45, 2.75) is 18.4 Å². The van der Waals surface area contributed by atoms with Gasteiger partial charge in [-0.15, -0.1) is 0 Å². The number of hydrogen-bond donors (Lipinski definition) is 2. The molecule has 4 heterocycles. The molecule has 6 nitrogen and oxygen atoms in total. The molecule has 1 spiro atoms. The summed E-state index contributed by atoms with van der Waals surface area (Å²) in [6.45, 7) is 1.29. The molecule has 1 fully saturated rings. The van der Waals surface area contributed by atoms with Gasteiger partial charge in [0.05, 0.1) is 22.6 Å². The second-order valence-corrected chi connectivity index (χ2v) is 8.81. The third-order valence-corrected chi connectivity index (χ3v) is 7.06. The van der Waals surface area contributed by atoms with Crippen molar-refractivity contribution >= 4 is 34.1 Å². The number of nitrogens with two attached hydrogens (primary N) is 1. The van der Waals surface area contributed by atoms with Crippen LogP contribution in [0.25, 0.3) is 16.6 Å². The topological polar surface area (TPSA) is 70.3 Å². The normalized spacial score (nSPS) is 17.1. The fourth-order valence-electron chi connectivity index (χ4n) is 5.16. The number of H-pyrrole nitrogens is 1. The Bertz CT molecular complexity index is 1310. The quantitative estimate of drug-likeness (QED) is 0.438. The molecule has 2 aromatic heterocycles. The largest absolute Gasteiger partial charge is 0.361 e. The number of aromatic amines is 1. The summed E-state index contributed by atoms with van der Waals surface area (Å²) in [7, 11) is 0. The highest BCUT2D eigenvalue weighted by Gasteiger charge is 2.46. The molecule has 0 bridgehead atoms. The van der Waals surface area contributed by atoms with E-state index in [4.69, 9.17) is 17.4 Å². The molecular formula is C24H22ClN5O. The molecule has 7 heteroatoms. The van der Waals surface area contributed by atoms with E-state index < -0.39 is 0 Å². The highest BCUT2D eigenvalue weighted by Crippen LogP contribution is 2.47. The van der Waals surface area contributed by atoms with Crippen molar-refractivity contribution in [2.75, 3.05) is 18.1 Å². The fraction of sp³-hybridized carbons (Fsp3) is 0.208. The summed E-state index contributed by atoms with van der Waals surface area (Å²) in [5.41, 5.74) is 4.48. The molecule has 0 radical (unpaired) electrons. The van der Waals surface area contributed by atoms with Crippen molar-refractivity contribution in [1.29, 1.82) is 0 Å². The number of aromatic nitrogens is 2. The van der Waals surface area contributed by atoms with E-state index in [0.29, 0.717) is 18.1 Å². The SMILES string of the molecule is NN1c2ccc(Cl)cc2-n2cccc2C12CCN(C(=O)c1ccc3[nH]ccc3c1)CC2. The van der Waals surface area contributed by atoms with E-state index >= 15 is 0 Å². The number of carbonyl (C=O) groups is 1. The molecular weight excluding hydrogens is 410 g/mol. The standard InChI is InChI=1S/C24H22ClN5O/c25-18-4-6-20-21(15-18)29-11-1-2-22(29)24(30(20)26)8-12-28(13-9-24)23(31)17-3-5-19-16(14-17)7-10-27-19/h1-7,10-11,14-15,27H,8-9,12-13,26H2. The van der Waals surface area contributed by atoms with Crippen LogP contribution in [0.1, 0.15) is 28.9 Å². The molecule has 0 aliphatic carbocycles. The molecule has 2 aliphatic rings. The lowest BCUT2D eigenvalue weighted by molar-refractivity contribution is 0.0655. The van der Waals surface area contributed by atoms with Gasteiger partial charge in [0, 0.05) is 47.0 Å². The molecule has 0 atom stereocenters. The molecule has 3 N–H and O–H groups in total. The zero-order chi connectivity index (χ0) is 21.2. The van der Waals surface area contributed by atoms with Crippen LogP contribution in [0, 0.1) is 0 Å². The maximum absolute atomic E-state index is 13.2. The Balaban J connectivity index is 1.31. The summed E-state index contributed by atoms with van der Waals surface area (Å²) < 4.78 is 2.18. The number of likely N-dealkylation sites (tertiary alicyclic amines) is 1. The maximum atomic E-state index is 13.2. The molecule has 156 valence electrons. The molecule has 2 aliphatic heterocycles. The number of halogens is 1. The minimum Gasteiger partial charge on any atom is -0.361 e. The van der Waals surface area contributed by atoms with Gasteiger partial charge in [0.2, 0.25) is 0 Å². The number of nitrogens with zero attached hydrogens (tertiary/aromatic N) is 3. The van der Waals surface area contributed by atoms with Crippen molar-refractivity contribution in [1.82, 2.24) is 14.5 Å². The van der Waals surface area contributed by atoms with Gasteiger partial charge in [-0.25, -0.2) is 5.84 Å². The van der Waals surface area contributed by atoms with Gasteiger partial charge in [-0.2, -0.15) is 0 Å². The van der Waals surface area contributed by atoms with Crippen molar-refractivity contribution in [2.24, 2.45) is 5.84 Å². The third kappa shape index (κ3) is 2.65. The van der Waals surface area contributed by atoms with Gasteiger partial charge in [-0.1, -0.05) is 11.6 Å². The van der Waals surface area contributed by atoms with Gasteiger partial charge < -0.3 is 14.5 Å². The van der Waals surface area contributed by atoms with Crippen molar-refractivity contribution in [3.63, 3.8) is 0 Å². The Labute approximate surface area is 184 Å². The Morgan fingerprint density at radius 1 is 1.03 bits per heavy atom. The first kappa shape index (κ1) is 18.5. The van der Waals surface area contributed by atoms with Crippen molar-refractivity contribution in [3.05, 3.63) is 83.3 Å². The molecule has 4 aromatic rings. The zero-order valence-electron chi connectivity index (χ0n) is 16.9. The highest BCUT2D eigenvalue weighted by molar-refractivity contribution is 6.30. The summed E-state index contributed by atoms with van der Waals surface area (Å²) in [6.07, 6.45) is 5.47. The summed E-state index contributed by atoms with van der Waals surface area (Å²) in [6, 6.07) is 17.8. The van der Waals surface area contributed by atoms with E-state index in [1.807, 2.05) is 64.6 Å². The van der Waals surface area contributed by atoms with Gasteiger partial charge in [0.15, 0.2) is 0 Å². The number of fused-ring (bicyclic) bond motifs is 5. The van der Waals surface area contributed by atoms with E-state index in [9.17, 15) is 4.79 Å². The van der Waals surface area contributed by atoms with Gasteiger partial charge in [-0.05, 0) is 67.4 Å². The van der Waals surface area contributed by atoms with E-state index in [1.54, 1.807) is 0 Å². The van der Waals surface area contributed by atoms with Gasteiger partial charge in [-0.3, -0.25) is 9.80 Å². The fourth-order valence-corrected chi connectivity index (χ4v) is 5.33. The zero-order valence-corrected chi connectivity index (χ0v) is 17.6. The summed E-state index contributed by atoms with van der Waals surface area (Å²) in [5.74, 6) is 6.80. The maximum Gasteiger partial charge on any atom is 0.253 e. The lowest BCUT2D eigenvalue weighted by atomic mass is 9.81. The lowest BCUT2D eigenvalue weighted by Crippen LogP contribution is -2.59. The van der Waals surface area contributed by atoms with Crippen LogP contribution in [0.3, 0.4) is 0 Å². The second kappa shape index (κ2) is 6.64. The first-order valence-electron chi connectivity index (χ1n) is 10.5. The van der Waals surface area contributed by atoms with E-state index in [0.717, 1.165) is 46.4 Å². The smallest absolute Gasteiger partial charge is 0.253 e. The van der Waals surface area contributed by atoms with Crippen LogP contribution in [0.5, 0.6) is 0 Å². The van der Waals surface area contributed by atoms with Crippen molar-refractivity contribution < 1.29 is 4.79 Å². The second-order valence-electron chi connectivity index (χ2n) is 8.37. The summed E-state index contributed by atoms with van der Waals surface area (Å²) in [4.78, 5) is 18.3. The number of carbonyl (C=O) groups excluding carboxylic acids is 1.